The average Bonchev–Trinajstić information content (AvgIpc) is 2.56. The molecule has 134 valence electrons. The summed E-state index contributed by atoms with van der Waals surface area (Å²) >= 11 is 8.98. The van der Waals surface area contributed by atoms with Crippen molar-refractivity contribution in [1.29, 1.82) is 0 Å². The maximum absolute atomic E-state index is 12.3. The molecule has 0 fully saturated rings. The number of carboxylic acids is 1. The molecule has 0 saturated carbocycles. The molecular formula is C15H9I2N3O5S. The first kappa shape index (κ1) is 20.4. The molecule has 0 radical (unpaired) electrons. The van der Waals surface area contributed by atoms with Crippen LogP contribution in [0.3, 0.4) is 0 Å². The number of para-hydroxylation sites is 1. The number of aromatic carboxylic acids is 1. The summed E-state index contributed by atoms with van der Waals surface area (Å²) in [6.45, 7) is 0. The summed E-state index contributed by atoms with van der Waals surface area (Å²) in [5, 5.41) is 25.2. The van der Waals surface area contributed by atoms with E-state index in [0.717, 1.165) is 3.57 Å². The second-order valence-corrected chi connectivity index (χ2v) is 7.61. The first-order valence-electron chi connectivity index (χ1n) is 6.78. The van der Waals surface area contributed by atoms with Crippen LogP contribution in [0.4, 0.5) is 11.4 Å². The number of carbonyl (C=O) groups excluding carboxylic acids is 1. The minimum absolute atomic E-state index is 0.0106. The number of hydrogen-bond acceptors (Lipinski definition) is 5. The second kappa shape index (κ2) is 8.68. The van der Waals surface area contributed by atoms with Gasteiger partial charge in [0, 0.05) is 13.2 Å². The third kappa shape index (κ3) is 4.85. The maximum Gasteiger partial charge on any atom is 0.337 e. The fourth-order valence-corrected chi connectivity index (χ4v) is 4.18. The monoisotopic (exact) mass is 597 g/mol. The van der Waals surface area contributed by atoms with Crippen molar-refractivity contribution in [2.24, 2.45) is 0 Å². The topological polar surface area (TPSA) is 122 Å². The fourth-order valence-electron chi connectivity index (χ4n) is 2.01. The summed E-state index contributed by atoms with van der Waals surface area (Å²) < 4.78 is 1.32. The van der Waals surface area contributed by atoms with Gasteiger partial charge < -0.3 is 10.4 Å². The molecule has 2 aromatic rings. The Morgan fingerprint density at radius 3 is 2.42 bits per heavy atom. The zero-order valence-electron chi connectivity index (χ0n) is 12.7. The van der Waals surface area contributed by atoms with Crippen molar-refractivity contribution < 1.29 is 19.6 Å². The third-order valence-electron chi connectivity index (χ3n) is 3.10. The number of amides is 1. The first-order valence-corrected chi connectivity index (χ1v) is 9.35. The minimum atomic E-state index is -1.16. The van der Waals surface area contributed by atoms with Crippen LogP contribution in [-0.4, -0.2) is 27.0 Å². The quantitative estimate of drug-likeness (QED) is 0.213. The molecule has 0 heterocycles. The molecule has 0 aromatic heterocycles. The molecule has 0 aliphatic heterocycles. The van der Waals surface area contributed by atoms with Gasteiger partial charge in [-0.25, -0.2) is 4.79 Å². The average molecular weight is 597 g/mol. The largest absolute Gasteiger partial charge is 0.478 e. The number of nitrogens with one attached hydrogen (secondary N) is 2. The Kier molecular flexibility index (Phi) is 6.82. The van der Waals surface area contributed by atoms with E-state index >= 15 is 0 Å². The highest BCUT2D eigenvalue weighted by Gasteiger charge is 2.21. The van der Waals surface area contributed by atoms with Crippen molar-refractivity contribution in [3.63, 3.8) is 0 Å². The van der Waals surface area contributed by atoms with Crippen molar-refractivity contribution in [3.8, 4) is 0 Å². The Morgan fingerprint density at radius 2 is 1.81 bits per heavy atom. The lowest BCUT2D eigenvalue weighted by Gasteiger charge is -2.14. The Hall–Kier alpha value is -1.87. The van der Waals surface area contributed by atoms with E-state index in [0.29, 0.717) is 3.57 Å². The molecule has 2 aromatic carbocycles. The van der Waals surface area contributed by atoms with Gasteiger partial charge in [-0.3, -0.25) is 20.2 Å². The molecule has 8 nitrogen and oxygen atoms in total. The summed E-state index contributed by atoms with van der Waals surface area (Å²) in [6.07, 6.45) is 0. The van der Waals surface area contributed by atoms with Crippen molar-refractivity contribution in [2.75, 3.05) is 5.32 Å². The molecule has 0 aliphatic carbocycles. The van der Waals surface area contributed by atoms with Crippen LogP contribution >= 0.6 is 57.4 Å². The number of nitro groups is 1. The normalized spacial score (nSPS) is 10.1. The van der Waals surface area contributed by atoms with E-state index in [2.05, 4.69) is 10.6 Å². The Labute approximate surface area is 179 Å². The lowest BCUT2D eigenvalue weighted by molar-refractivity contribution is -0.385. The number of halogens is 2. The second-order valence-electron chi connectivity index (χ2n) is 4.80. The standard InChI is InChI=1S/C15H9I2N3O5S/c16-7-5-9(14(22)23)12(10(17)6-7)18-15(26)19-13(21)8-3-1-2-4-11(8)20(24)25/h1-6H,(H,22,23)(H2,18,19,21,26). The summed E-state index contributed by atoms with van der Waals surface area (Å²) in [5.74, 6) is -1.93. The van der Waals surface area contributed by atoms with Gasteiger partial charge in [-0.1, -0.05) is 12.1 Å². The van der Waals surface area contributed by atoms with E-state index in [1.165, 1.54) is 30.3 Å². The van der Waals surface area contributed by atoms with E-state index in [1.54, 1.807) is 6.07 Å². The van der Waals surface area contributed by atoms with Gasteiger partial charge in [-0.15, -0.1) is 0 Å². The zero-order valence-corrected chi connectivity index (χ0v) is 17.8. The number of benzene rings is 2. The molecule has 0 aliphatic rings. The van der Waals surface area contributed by atoms with Crippen LogP contribution in [-0.2, 0) is 0 Å². The minimum Gasteiger partial charge on any atom is -0.478 e. The predicted molar refractivity (Wildman–Crippen MR) is 116 cm³/mol. The van der Waals surface area contributed by atoms with E-state index in [-0.39, 0.29) is 27.6 Å². The number of hydrogen-bond donors (Lipinski definition) is 3. The highest BCUT2D eigenvalue weighted by atomic mass is 127. The number of nitrogens with zero attached hydrogens (tertiary/aromatic N) is 1. The first-order chi connectivity index (χ1) is 12.2. The molecule has 0 bridgehead atoms. The summed E-state index contributed by atoms with van der Waals surface area (Å²) in [5.41, 5.74) is -0.296. The van der Waals surface area contributed by atoms with Gasteiger partial charge in [0.1, 0.15) is 5.56 Å². The molecule has 0 spiro atoms. The molecule has 0 saturated heterocycles. The molecule has 0 unspecified atom stereocenters. The van der Waals surface area contributed by atoms with E-state index in [9.17, 15) is 24.8 Å². The summed E-state index contributed by atoms with van der Waals surface area (Å²) in [7, 11) is 0. The van der Waals surface area contributed by atoms with Crippen molar-refractivity contribution in [3.05, 3.63) is 64.8 Å². The molecular weight excluding hydrogens is 588 g/mol. The van der Waals surface area contributed by atoms with Gasteiger partial charge in [0.05, 0.1) is 16.2 Å². The van der Waals surface area contributed by atoms with Gasteiger partial charge >= 0.3 is 5.97 Å². The van der Waals surface area contributed by atoms with E-state index < -0.39 is 16.8 Å². The lowest BCUT2D eigenvalue weighted by atomic mass is 10.1. The van der Waals surface area contributed by atoms with Gasteiger partial charge in [0.2, 0.25) is 0 Å². The number of carbonyl (C=O) groups is 2. The van der Waals surface area contributed by atoms with Crippen LogP contribution in [0.2, 0.25) is 0 Å². The number of rotatable bonds is 4. The number of anilines is 1. The predicted octanol–water partition coefficient (Wildman–Crippen LogP) is 3.63. The van der Waals surface area contributed by atoms with Gasteiger partial charge in [-0.05, 0) is 75.6 Å². The van der Waals surface area contributed by atoms with Crippen molar-refractivity contribution in [2.45, 2.75) is 0 Å². The van der Waals surface area contributed by atoms with E-state index in [1.807, 2.05) is 45.2 Å². The van der Waals surface area contributed by atoms with Crippen LogP contribution in [0.15, 0.2) is 36.4 Å². The third-order valence-corrected chi connectivity index (χ3v) is 4.77. The number of carboxylic acid groups (broad SMARTS) is 1. The Morgan fingerprint density at radius 1 is 1.15 bits per heavy atom. The summed E-state index contributed by atoms with van der Waals surface area (Å²) in [6, 6.07) is 8.63. The fraction of sp³-hybridized carbons (Fsp3) is 0. The molecule has 2 rings (SSSR count). The maximum atomic E-state index is 12.3. The Balaban J connectivity index is 2.24. The highest BCUT2D eigenvalue weighted by Crippen LogP contribution is 2.26. The van der Waals surface area contributed by atoms with Gasteiger partial charge in [0.15, 0.2) is 5.11 Å². The van der Waals surface area contributed by atoms with Crippen molar-refractivity contribution >= 4 is 85.8 Å². The molecule has 3 N–H and O–H groups in total. The van der Waals surface area contributed by atoms with Crippen LogP contribution in [0.1, 0.15) is 20.7 Å². The molecule has 26 heavy (non-hydrogen) atoms. The van der Waals surface area contributed by atoms with Gasteiger partial charge in [0.25, 0.3) is 11.6 Å². The molecule has 11 heteroatoms. The van der Waals surface area contributed by atoms with Crippen molar-refractivity contribution in [1.82, 2.24) is 5.32 Å². The Bertz CT molecular complexity index is 935. The lowest BCUT2D eigenvalue weighted by Crippen LogP contribution is -2.35. The highest BCUT2D eigenvalue weighted by molar-refractivity contribution is 14.1. The molecule has 1 amide bonds. The van der Waals surface area contributed by atoms with Gasteiger partial charge in [-0.2, -0.15) is 0 Å². The van der Waals surface area contributed by atoms with Crippen LogP contribution < -0.4 is 10.6 Å². The van der Waals surface area contributed by atoms with Crippen LogP contribution in [0.25, 0.3) is 0 Å². The SMILES string of the molecule is O=C(NC(=S)Nc1c(I)cc(I)cc1C(=O)O)c1ccccc1[N+](=O)[O-]. The van der Waals surface area contributed by atoms with Crippen LogP contribution in [0.5, 0.6) is 0 Å². The number of nitro benzene ring substituents is 1. The zero-order chi connectivity index (χ0) is 19.4. The smallest absolute Gasteiger partial charge is 0.337 e. The molecule has 0 atom stereocenters. The van der Waals surface area contributed by atoms with E-state index in [4.69, 9.17) is 12.2 Å². The van der Waals surface area contributed by atoms with Crippen LogP contribution in [0, 0.1) is 17.3 Å². The number of thiocarbonyl (C=S) groups is 1. The summed E-state index contributed by atoms with van der Waals surface area (Å²) in [4.78, 5) is 34.0.